The van der Waals surface area contributed by atoms with Crippen LogP contribution in [-0.2, 0) is 10.2 Å². The van der Waals surface area contributed by atoms with Gasteiger partial charge in [0.05, 0.1) is 6.04 Å². The van der Waals surface area contributed by atoms with Gasteiger partial charge < -0.3 is 10.1 Å². The number of ether oxygens (including phenoxy) is 1. The Balaban J connectivity index is 1.52. The molecular weight excluding hydrogens is 380 g/mol. The van der Waals surface area contributed by atoms with E-state index in [0.717, 1.165) is 18.8 Å². The maximum atomic E-state index is 12.4. The fourth-order valence-corrected chi connectivity index (χ4v) is 4.50. The molecule has 2 aromatic rings. The lowest BCUT2D eigenvalue weighted by molar-refractivity contribution is -0.123. The number of nitrogens with one attached hydrogen (secondary N) is 1. The van der Waals surface area contributed by atoms with E-state index in [0.29, 0.717) is 6.54 Å². The van der Waals surface area contributed by atoms with Crippen LogP contribution in [0.1, 0.15) is 63.6 Å². The number of carbonyl (C=O) groups excluding carboxylic acids is 1. The van der Waals surface area contributed by atoms with Gasteiger partial charge in [-0.2, -0.15) is 11.3 Å². The summed E-state index contributed by atoms with van der Waals surface area (Å²) in [5.41, 5.74) is 2.67. The van der Waals surface area contributed by atoms with Crippen molar-refractivity contribution < 1.29 is 9.53 Å². The Morgan fingerprint density at radius 3 is 2.38 bits per heavy atom. The number of likely N-dealkylation sites (tertiary alicyclic amines) is 1. The van der Waals surface area contributed by atoms with Gasteiger partial charge in [0.25, 0.3) is 5.91 Å². The van der Waals surface area contributed by atoms with Gasteiger partial charge in [0.1, 0.15) is 5.75 Å². The number of thiophene rings is 1. The van der Waals surface area contributed by atoms with Crippen molar-refractivity contribution in [2.75, 3.05) is 26.2 Å². The van der Waals surface area contributed by atoms with Crippen molar-refractivity contribution in [1.82, 2.24) is 10.2 Å². The lowest BCUT2D eigenvalue weighted by Crippen LogP contribution is -2.40. The predicted octanol–water partition coefficient (Wildman–Crippen LogP) is 5.16. The Morgan fingerprint density at radius 2 is 1.79 bits per heavy atom. The highest BCUT2D eigenvalue weighted by molar-refractivity contribution is 7.07. The maximum absolute atomic E-state index is 12.4. The lowest BCUT2D eigenvalue weighted by atomic mass is 9.87. The van der Waals surface area contributed by atoms with Crippen molar-refractivity contribution in [2.45, 2.75) is 57.9 Å². The second kappa shape index (κ2) is 10.3. The van der Waals surface area contributed by atoms with Gasteiger partial charge in [0.2, 0.25) is 0 Å². The summed E-state index contributed by atoms with van der Waals surface area (Å²) in [6, 6.07) is 10.4. The van der Waals surface area contributed by atoms with Crippen molar-refractivity contribution in [3.63, 3.8) is 0 Å². The minimum absolute atomic E-state index is 0.0468. The van der Waals surface area contributed by atoms with Crippen LogP contribution in [0.15, 0.2) is 41.1 Å². The fourth-order valence-electron chi connectivity index (χ4n) is 3.79. The van der Waals surface area contributed by atoms with E-state index in [-0.39, 0.29) is 24.0 Å². The zero-order chi connectivity index (χ0) is 20.7. The number of carbonyl (C=O) groups is 1. The minimum atomic E-state index is -0.0695. The van der Waals surface area contributed by atoms with Gasteiger partial charge in [-0.05, 0) is 71.4 Å². The third-order valence-electron chi connectivity index (χ3n) is 5.59. The van der Waals surface area contributed by atoms with Crippen molar-refractivity contribution >= 4 is 17.2 Å². The highest BCUT2D eigenvalue weighted by atomic mass is 32.1. The van der Waals surface area contributed by atoms with Crippen LogP contribution in [0.25, 0.3) is 0 Å². The van der Waals surface area contributed by atoms with E-state index in [4.69, 9.17) is 4.74 Å². The molecule has 1 saturated heterocycles. The lowest BCUT2D eigenvalue weighted by Gasteiger charge is -2.30. The number of nitrogens with zero attached hydrogens (tertiary/aromatic N) is 1. The summed E-state index contributed by atoms with van der Waals surface area (Å²) >= 11 is 1.72. The Morgan fingerprint density at radius 1 is 1.10 bits per heavy atom. The summed E-state index contributed by atoms with van der Waals surface area (Å²) in [5, 5.41) is 7.41. The van der Waals surface area contributed by atoms with Crippen LogP contribution in [-0.4, -0.2) is 37.0 Å². The van der Waals surface area contributed by atoms with E-state index < -0.39 is 0 Å². The van der Waals surface area contributed by atoms with Gasteiger partial charge in [0.15, 0.2) is 6.61 Å². The Bertz CT molecular complexity index is 742. The van der Waals surface area contributed by atoms with Crippen molar-refractivity contribution in [3.8, 4) is 5.75 Å². The number of amides is 1. The van der Waals surface area contributed by atoms with E-state index in [2.05, 4.69) is 59.9 Å². The average Bonchev–Trinajstić information content (AvgIpc) is 3.09. The molecule has 0 spiro atoms. The molecule has 1 atom stereocenters. The number of rotatable bonds is 7. The first-order chi connectivity index (χ1) is 13.9. The Hall–Kier alpha value is -1.85. The highest BCUT2D eigenvalue weighted by Crippen LogP contribution is 2.26. The standard InChI is InChI=1S/C24H34N2O2S/c1-24(2,3)20-8-10-21(11-9-20)28-17-23(27)25-16-22(19-12-15-29-18-19)26-13-6-4-5-7-14-26/h8-12,15,18,22H,4-7,13-14,16-17H2,1-3H3,(H,25,27). The van der Waals surface area contributed by atoms with Crippen LogP contribution in [0, 0.1) is 0 Å². The van der Waals surface area contributed by atoms with Gasteiger partial charge >= 0.3 is 0 Å². The number of hydrogen-bond acceptors (Lipinski definition) is 4. The second-order valence-corrected chi connectivity index (χ2v) is 9.67. The first-order valence-electron chi connectivity index (χ1n) is 10.7. The van der Waals surface area contributed by atoms with Gasteiger partial charge in [-0.3, -0.25) is 9.69 Å². The second-order valence-electron chi connectivity index (χ2n) is 8.89. The molecule has 4 nitrogen and oxygen atoms in total. The van der Waals surface area contributed by atoms with E-state index >= 15 is 0 Å². The SMILES string of the molecule is CC(C)(C)c1ccc(OCC(=O)NCC(c2ccsc2)N2CCCCCC2)cc1. The van der Waals surface area contributed by atoms with Crippen LogP contribution in [0.5, 0.6) is 5.75 Å². The average molecular weight is 415 g/mol. The number of hydrogen-bond donors (Lipinski definition) is 1. The van der Waals surface area contributed by atoms with Gasteiger partial charge in [-0.1, -0.05) is 45.7 Å². The summed E-state index contributed by atoms with van der Waals surface area (Å²) < 4.78 is 5.70. The molecule has 3 rings (SSSR count). The summed E-state index contributed by atoms with van der Waals surface area (Å²) in [7, 11) is 0. The summed E-state index contributed by atoms with van der Waals surface area (Å²) in [6.07, 6.45) is 5.09. The maximum Gasteiger partial charge on any atom is 0.258 e. The first-order valence-corrected chi connectivity index (χ1v) is 11.6. The molecule has 0 aliphatic carbocycles. The van der Waals surface area contributed by atoms with Crippen molar-refractivity contribution in [2.24, 2.45) is 0 Å². The van der Waals surface area contributed by atoms with Gasteiger partial charge in [-0.25, -0.2) is 0 Å². The summed E-state index contributed by atoms with van der Waals surface area (Å²) in [4.78, 5) is 14.9. The van der Waals surface area contributed by atoms with Gasteiger partial charge in [-0.15, -0.1) is 0 Å². The largest absolute Gasteiger partial charge is 0.484 e. The Labute approximate surface area is 179 Å². The van der Waals surface area contributed by atoms with E-state index in [9.17, 15) is 4.79 Å². The van der Waals surface area contributed by atoms with Gasteiger partial charge in [0, 0.05) is 6.54 Å². The third-order valence-corrected chi connectivity index (χ3v) is 6.29. The molecule has 1 aromatic heterocycles. The summed E-state index contributed by atoms with van der Waals surface area (Å²) in [5.74, 6) is 0.662. The molecule has 5 heteroatoms. The molecule has 0 saturated carbocycles. The molecule has 1 fully saturated rings. The molecule has 1 aromatic carbocycles. The summed E-state index contributed by atoms with van der Waals surface area (Å²) in [6.45, 7) is 9.44. The molecule has 0 bridgehead atoms. The molecule has 1 amide bonds. The fraction of sp³-hybridized carbons (Fsp3) is 0.542. The topological polar surface area (TPSA) is 41.6 Å². The molecule has 158 valence electrons. The van der Waals surface area contributed by atoms with Crippen molar-refractivity contribution in [1.29, 1.82) is 0 Å². The van der Waals surface area contributed by atoms with E-state index in [1.807, 2.05) is 12.1 Å². The molecule has 1 aliphatic rings. The Kier molecular flexibility index (Phi) is 7.73. The normalized spacial score (nSPS) is 16.8. The molecule has 1 aliphatic heterocycles. The monoisotopic (exact) mass is 414 g/mol. The molecule has 2 heterocycles. The highest BCUT2D eigenvalue weighted by Gasteiger charge is 2.22. The van der Waals surface area contributed by atoms with Crippen LogP contribution in [0.2, 0.25) is 0 Å². The smallest absolute Gasteiger partial charge is 0.258 e. The van der Waals surface area contributed by atoms with Crippen molar-refractivity contribution in [3.05, 3.63) is 52.2 Å². The van der Waals surface area contributed by atoms with E-state index in [1.54, 1.807) is 11.3 Å². The van der Waals surface area contributed by atoms with Crippen LogP contribution in [0.4, 0.5) is 0 Å². The third kappa shape index (κ3) is 6.58. The first kappa shape index (κ1) is 21.8. The molecule has 29 heavy (non-hydrogen) atoms. The van der Waals surface area contributed by atoms with Crippen LogP contribution in [0.3, 0.4) is 0 Å². The number of benzene rings is 1. The van der Waals surface area contributed by atoms with E-state index in [1.165, 1.54) is 36.8 Å². The van der Waals surface area contributed by atoms with Crippen LogP contribution < -0.4 is 10.1 Å². The predicted molar refractivity (Wildman–Crippen MR) is 121 cm³/mol. The van der Waals surface area contributed by atoms with Crippen LogP contribution >= 0.6 is 11.3 Å². The molecule has 0 radical (unpaired) electrons. The molecule has 1 unspecified atom stereocenters. The molecule has 1 N–H and O–H groups in total. The quantitative estimate of drug-likeness (QED) is 0.680. The minimum Gasteiger partial charge on any atom is -0.484 e. The zero-order valence-corrected chi connectivity index (χ0v) is 18.8. The molecular formula is C24H34N2O2S. The zero-order valence-electron chi connectivity index (χ0n) is 17.9.